The molecule has 0 unspecified atom stereocenters. The maximum Gasteiger partial charge on any atom is 0.100 e. The van der Waals surface area contributed by atoms with Crippen LogP contribution in [0.15, 0.2) is 60.7 Å². The van der Waals surface area contributed by atoms with Gasteiger partial charge in [-0.1, -0.05) is 60.7 Å². The van der Waals surface area contributed by atoms with Crippen LogP contribution in [0.4, 0.5) is 0 Å². The van der Waals surface area contributed by atoms with Gasteiger partial charge in [0.1, 0.15) is 5.60 Å². The summed E-state index contributed by atoms with van der Waals surface area (Å²) in [5.41, 5.74) is 1.34. The molecule has 1 saturated heterocycles. The van der Waals surface area contributed by atoms with E-state index >= 15 is 0 Å². The summed E-state index contributed by atoms with van der Waals surface area (Å²) >= 11 is 0. The lowest BCUT2D eigenvalue weighted by atomic mass is 9.84. The molecule has 2 N–H and O–H groups in total. The lowest BCUT2D eigenvalue weighted by Crippen LogP contribution is -2.55. The van der Waals surface area contributed by atoms with Gasteiger partial charge in [-0.2, -0.15) is 0 Å². The first-order valence-electron chi connectivity index (χ1n) is 7.79. The number of hydrogen-bond donors (Lipinski definition) is 2. The molecule has 3 atom stereocenters. The first kappa shape index (κ1) is 18.0. The van der Waals surface area contributed by atoms with Gasteiger partial charge in [0, 0.05) is 19.1 Å². The van der Waals surface area contributed by atoms with Crippen molar-refractivity contribution in [3.63, 3.8) is 0 Å². The van der Waals surface area contributed by atoms with Crippen LogP contribution in [0, 0.1) is 0 Å². The highest BCUT2D eigenvalue weighted by atomic mass is 35.5. The van der Waals surface area contributed by atoms with E-state index in [2.05, 4.69) is 29.2 Å². The third-order valence-electron chi connectivity index (χ3n) is 4.54. The number of halogens is 1. The van der Waals surface area contributed by atoms with Crippen LogP contribution in [0.3, 0.4) is 0 Å². The highest BCUT2D eigenvalue weighted by Crippen LogP contribution is 2.36. The Balaban J connectivity index is 0.00000192. The van der Waals surface area contributed by atoms with Gasteiger partial charge >= 0.3 is 0 Å². The minimum Gasteiger partial charge on any atom is -0.390 e. The van der Waals surface area contributed by atoms with Gasteiger partial charge < -0.3 is 10.2 Å². The molecule has 3 rings (SSSR count). The van der Waals surface area contributed by atoms with Crippen molar-refractivity contribution >= 4 is 12.4 Å². The Morgan fingerprint density at radius 3 is 2.22 bits per heavy atom. The van der Waals surface area contributed by atoms with Crippen LogP contribution >= 0.6 is 12.4 Å². The third-order valence-corrected chi connectivity index (χ3v) is 4.54. The predicted molar refractivity (Wildman–Crippen MR) is 94.5 cm³/mol. The monoisotopic (exact) mass is 333 g/mol. The Hall–Kier alpha value is -1.39. The van der Waals surface area contributed by atoms with Crippen LogP contribution < -0.4 is 0 Å². The predicted octanol–water partition coefficient (Wildman–Crippen LogP) is 3.17. The van der Waals surface area contributed by atoms with E-state index in [9.17, 15) is 10.2 Å². The zero-order valence-corrected chi connectivity index (χ0v) is 14.1. The number of rotatable bonds is 3. The third kappa shape index (κ3) is 4.12. The minimum absolute atomic E-state index is 0. The molecule has 4 heteroatoms. The van der Waals surface area contributed by atoms with E-state index in [1.807, 2.05) is 36.4 Å². The number of hydrogen-bond acceptors (Lipinski definition) is 3. The SMILES string of the molecule is C[C@]1(O)CN(Cc2ccccc2)[C@H](c2ccccc2)C[C@@H]1O.Cl. The largest absolute Gasteiger partial charge is 0.390 e. The number of β-amino-alcohol motifs (C(OH)–C–C–N with tert-alkyl or cyclic N) is 1. The van der Waals surface area contributed by atoms with Gasteiger partial charge in [-0.05, 0) is 24.5 Å². The number of likely N-dealkylation sites (tertiary alicyclic amines) is 1. The molecule has 3 nitrogen and oxygen atoms in total. The summed E-state index contributed by atoms with van der Waals surface area (Å²) in [6, 6.07) is 20.6. The molecule has 2 aromatic carbocycles. The Morgan fingerprint density at radius 2 is 1.61 bits per heavy atom. The number of aliphatic hydroxyl groups is 2. The smallest absolute Gasteiger partial charge is 0.100 e. The van der Waals surface area contributed by atoms with Crippen LogP contribution in [-0.4, -0.2) is 33.4 Å². The van der Waals surface area contributed by atoms with Crippen molar-refractivity contribution < 1.29 is 10.2 Å². The van der Waals surface area contributed by atoms with Gasteiger partial charge in [0.25, 0.3) is 0 Å². The van der Waals surface area contributed by atoms with Gasteiger partial charge in [0.15, 0.2) is 0 Å². The van der Waals surface area contributed by atoms with E-state index in [0.29, 0.717) is 13.0 Å². The van der Waals surface area contributed by atoms with E-state index in [1.54, 1.807) is 6.92 Å². The minimum atomic E-state index is -1.07. The standard InChI is InChI=1S/C19H23NO2.ClH/c1-19(22)14-20(13-15-8-4-2-5-9-15)17(12-18(19)21)16-10-6-3-7-11-16;/h2-11,17-18,21-22H,12-14H2,1H3;1H/t17-,18-,19-;/m0./s1. The summed E-state index contributed by atoms with van der Waals surface area (Å²) in [5.74, 6) is 0. The molecule has 2 aromatic rings. The average Bonchev–Trinajstić information content (AvgIpc) is 2.52. The van der Waals surface area contributed by atoms with E-state index in [-0.39, 0.29) is 18.4 Å². The fourth-order valence-electron chi connectivity index (χ4n) is 3.25. The molecule has 0 aromatic heterocycles. The highest BCUT2D eigenvalue weighted by Gasteiger charge is 2.42. The fraction of sp³-hybridized carbons (Fsp3) is 0.368. The maximum absolute atomic E-state index is 10.5. The first-order chi connectivity index (χ1) is 10.6. The van der Waals surface area contributed by atoms with Crippen LogP contribution in [0.1, 0.15) is 30.5 Å². The van der Waals surface area contributed by atoms with Crippen molar-refractivity contribution in [2.45, 2.75) is 37.6 Å². The molecular weight excluding hydrogens is 310 g/mol. The van der Waals surface area contributed by atoms with E-state index in [4.69, 9.17) is 0 Å². The van der Waals surface area contributed by atoms with Gasteiger partial charge in [0.2, 0.25) is 0 Å². The molecule has 0 amide bonds. The average molecular weight is 334 g/mol. The van der Waals surface area contributed by atoms with Gasteiger partial charge in [-0.25, -0.2) is 0 Å². The quantitative estimate of drug-likeness (QED) is 0.906. The number of piperidine rings is 1. The molecule has 124 valence electrons. The number of benzene rings is 2. The molecule has 1 aliphatic rings. The normalized spacial score (nSPS) is 28.1. The zero-order chi connectivity index (χ0) is 15.6. The number of nitrogens with zero attached hydrogens (tertiary/aromatic N) is 1. The topological polar surface area (TPSA) is 43.7 Å². The summed E-state index contributed by atoms with van der Waals surface area (Å²) in [4.78, 5) is 2.26. The molecule has 0 saturated carbocycles. The fourth-order valence-corrected chi connectivity index (χ4v) is 3.25. The van der Waals surface area contributed by atoms with E-state index < -0.39 is 11.7 Å². The van der Waals surface area contributed by atoms with Gasteiger partial charge in [-0.15, -0.1) is 12.4 Å². The van der Waals surface area contributed by atoms with Gasteiger partial charge in [-0.3, -0.25) is 4.90 Å². The maximum atomic E-state index is 10.5. The highest BCUT2D eigenvalue weighted by molar-refractivity contribution is 5.85. The lowest BCUT2D eigenvalue weighted by molar-refractivity contribution is -0.129. The molecule has 0 aliphatic carbocycles. The Morgan fingerprint density at radius 1 is 1.04 bits per heavy atom. The second-order valence-corrected chi connectivity index (χ2v) is 6.43. The van der Waals surface area contributed by atoms with Crippen molar-refractivity contribution in [2.75, 3.05) is 6.54 Å². The van der Waals surface area contributed by atoms with Crippen molar-refractivity contribution in [3.05, 3.63) is 71.8 Å². The second kappa shape index (κ2) is 7.45. The van der Waals surface area contributed by atoms with Crippen molar-refractivity contribution in [2.24, 2.45) is 0 Å². The summed E-state index contributed by atoms with van der Waals surface area (Å²) in [6.07, 6.45) is -0.158. The van der Waals surface area contributed by atoms with Crippen molar-refractivity contribution in [3.8, 4) is 0 Å². The number of aliphatic hydroxyl groups excluding tert-OH is 1. The van der Waals surface area contributed by atoms with Crippen LogP contribution in [-0.2, 0) is 6.54 Å². The molecule has 23 heavy (non-hydrogen) atoms. The molecule has 1 fully saturated rings. The lowest BCUT2D eigenvalue weighted by Gasteiger charge is -2.46. The molecular formula is C19H24ClNO2. The second-order valence-electron chi connectivity index (χ2n) is 6.43. The molecule has 1 aliphatic heterocycles. The van der Waals surface area contributed by atoms with Crippen LogP contribution in [0.25, 0.3) is 0 Å². The van der Waals surface area contributed by atoms with Gasteiger partial charge in [0.05, 0.1) is 6.10 Å². The van der Waals surface area contributed by atoms with E-state index in [0.717, 1.165) is 6.54 Å². The van der Waals surface area contributed by atoms with Crippen LogP contribution in [0.2, 0.25) is 0 Å². The Kier molecular flexibility index (Phi) is 5.82. The van der Waals surface area contributed by atoms with E-state index in [1.165, 1.54) is 11.1 Å². The Bertz CT molecular complexity index is 603. The first-order valence-corrected chi connectivity index (χ1v) is 7.79. The summed E-state index contributed by atoms with van der Waals surface area (Å²) in [5, 5.41) is 20.7. The summed E-state index contributed by atoms with van der Waals surface area (Å²) in [7, 11) is 0. The molecule has 0 bridgehead atoms. The zero-order valence-electron chi connectivity index (χ0n) is 13.3. The Labute approximate surface area is 144 Å². The van der Waals surface area contributed by atoms with Crippen molar-refractivity contribution in [1.82, 2.24) is 4.90 Å². The van der Waals surface area contributed by atoms with Crippen LogP contribution in [0.5, 0.6) is 0 Å². The van der Waals surface area contributed by atoms with Crippen molar-refractivity contribution in [1.29, 1.82) is 0 Å². The summed E-state index contributed by atoms with van der Waals surface area (Å²) < 4.78 is 0. The molecule has 0 spiro atoms. The molecule has 0 radical (unpaired) electrons. The summed E-state index contributed by atoms with van der Waals surface area (Å²) in [6.45, 7) is 2.95. The molecule has 1 heterocycles.